The number of rotatable bonds is 5. The highest BCUT2D eigenvalue weighted by atomic mass is 35.5. The number of Topliss-reactive ketones (excluding diaryl/α,β-unsaturated/α-hetero) is 1. The Balaban J connectivity index is 0.00000220. The van der Waals surface area contributed by atoms with Crippen LogP contribution in [0.2, 0.25) is 0 Å². The topological polar surface area (TPSA) is 69.1 Å². The van der Waals surface area contributed by atoms with Crippen LogP contribution in [0.5, 0.6) is 0 Å². The van der Waals surface area contributed by atoms with Gasteiger partial charge in [-0.2, -0.15) is 0 Å². The summed E-state index contributed by atoms with van der Waals surface area (Å²) in [7, 11) is 0. The molecule has 2 aromatic carbocycles. The van der Waals surface area contributed by atoms with Gasteiger partial charge in [-0.05, 0) is 30.2 Å². The first-order valence-corrected chi connectivity index (χ1v) is 6.90. The molecule has 2 rings (SSSR count). The molecule has 0 amide bonds. The van der Waals surface area contributed by atoms with Crippen molar-refractivity contribution in [3.8, 4) is 11.1 Å². The SMILES string of the molecule is CCCCC(=O)c1ccc(-c2cc(N)ccc2N)cc1.Cl.Cl. The van der Waals surface area contributed by atoms with Crippen LogP contribution < -0.4 is 11.5 Å². The quantitative estimate of drug-likeness (QED) is 0.610. The molecule has 0 aromatic heterocycles. The number of hydrogen-bond donors (Lipinski definition) is 2. The van der Waals surface area contributed by atoms with Crippen molar-refractivity contribution in [1.29, 1.82) is 0 Å². The van der Waals surface area contributed by atoms with Crippen molar-refractivity contribution >= 4 is 42.0 Å². The molecule has 0 aliphatic heterocycles. The van der Waals surface area contributed by atoms with E-state index in [1.54, 1.807) is 12.1 Å². The second-order valence-corrected chi connectivity index (χ2v) is 4.95. The van der Waals surface area contributed by atoms with Crippen LogP contribution in [0.1, 0.15) is 36.5 Å². The summed E-state index contributed by atoms with van der Waals surface area (Å²) >= 11 is 0. The Labute approximate surface area is 143 Å². The zero-order valence-corrected chi connectivity index (χ0v) is 14.2. The fourth-order valence-electron chi connectivity index (χ4n) is 2.14. The van der Waals surface area contributed by atoms with E-state index in [0.717, 1.165) is 29.5 Å². The maximum atomic E-state index is 11.9. The third-order valence-electron chi connectivity index (χ3n) is 3.35. The number of anilines is 2. The highest BCUT2D eigenvalue weighted by Gasteiger charge is 2.07. The average Bonchev–Trinajstić information content (AvgIpc) is 2.47. The molecule has 0 bridgehead atoms. The standard InChI is InChI=1S/C17H20N2O.2ClH/c1-2-3-4-17(20)13-7-5-12(6-8-13)15-11-14(18)9-10-16(15)19;;/h5-11H,2-4,18-19H2,1H3;2*1H. The number of nitrogens with two attached hydrogens (primary N) is 2. The van der Waals surface area contributed by atoms with E-state index in [4.69, 9.17) is 11.5 Å². The van der Waals surface area contributed by atoms with Crippen molar-refractivity contribution in [2.75, 3.05) is 11.5 Å². The van der Waals surface area contributed by atoms with E-state index in [1.165, 1.54) is 0 Å². The summed E-state index contributed by atoms with van der Waals surface area (Å²) in [5.41, 5.74) is 15.7. The molecule has 22 heavy (non-hydrogen) atoms. The summed E-state index contributed by atoms with van der Waals surface area (Å²) in [6, 6.07) is 13.0. The van der Waals surface area contributed by atoms with Gasteiger partial charge in [0.15, 0.2) is 5.78 Å². The van der Waals surface area contributed by atoms with E-state index in [1.807, 2.05) is 30.3 Å². The number of ketones is 1. The first-order chi connectivity index (χ1) is 9.61. The summed E-state index contributed by atoms with van der Waals surface area (Å²) in [5.74, 6) is 0.193. The van der Waals surface area contributed by atoms with Gasteiger partial charge in [-0.3, -0.25) is 4.79 Å². The molecule has 0 aliphatic rings. The number of carbonyl (C=O) groups excluding carboxylic acids is 1. The van der Waals surface area contributed by atoms with Crippen LogP contribution >= 0.6 is 24.8 Å². The maximum Gasteiger partial charge on any atom is 0.162 e. The number of benzene rings is 2. The normalized spacial score (nSPS) is 9.50. The molecule has 0 unspecified atom stereocenters. The fourth-order valence-corrected chi connectivity index (χ4v) is 2.14. The van der Waals surface area contributed by atoms with Crippen LogP contribution in [0, 0.1) is 0 Å². The second kappa shape index (κ2) is 9.34. The number of hydrogen-bond acceptors (Lipinski definition) is 3. The van der Waals surface area contributed by atoms with Crippen molar-refractivity contribution in [2.45, 2.75) is 26.2 Å². The van der Waals surface area contributed by atoms with Crippen molar-refractivity contribution in [3.05, 3.63) is 48.0 Å². The molecule has 0 atom stereocenters. The lowest BCUT2D eigenvalue weighted by molar-refractivity contribution is 0.0980. The van der Waals surface area contributed by atoms with E-state index >= 15 is 0 Å². The lowest BCUT2D eigenvalue weighted by Gasteiger charge is -2.08. The lowest BCUT2D eigenvalue weighted by atomic mass is 9.99. The van der Waals surface area contributed by atoms with Gasteiger partial charge in [-0.25, -0.2) is 0 Å². The molecule has 3 nitrogen and oxygen atoms in total. The molecule has 5 heteroatoms. The van der Waals surface area contributed by atoms with E-state index < -0.39 is 0 Å². The van der Waals surface area contributed by atoms with Crippen LogP contribution in [0.25, 0.3) is 11.1 Å². The van der Waals surface area contributed by atoms with Gasteiger partial charge in [0.25, 0.3) is 0 Å². The highest BCUT2D eigenvalue weighted by molar-refractivity contribution is 5.96. The van der Waals surface area contributed by atoms with Crippen molar-refractivity contribution < 1.29 is 4.79 Å². The number of unbranched alkanes of at least 4 members (excludes halogenated alkanes) is 1. The minimum Gasteiger partial charge on any atom is -0.399 e. The molecule has 0 radical (unpaired) electrons. The molecule has 0 spiro atoms. The van der Waals surface area contributed by atoms with E-state index in [0.29, 0.717) is 17.8 Å². The smallest absolute Gasteiger partial charge is 0.162 e. The van der Waals surface area contributed by atoms with Crippen molar-refractivity contribution in [1.82, 2.24) is 0 Å². The first-order valence-electron chi connectivity index (χ1n) is 6.90. The molecule has 0 saturated heterocycles. The predicted octanol–water partition coefficient (Wildman–Crippen LogP) is 4.73. The Bertz CT molecular complexity index is 613. The third kappa shape index (κ3) is 4.93. The highest BCUT2D eigenvalue weighted by Crippen LogP contribution is 2.28. The number of halogens is 2. The summed E-state index contributed by atoms with van der Waals surface area (Å²) < 4.78 is 0. The summed E-state index contributed by atoms with van der Waals surface area (Å²) in [4.78, 5) is 11.9. The van der Waals surface area contributed by atoms with E-state index in [-0.39, 0.29) is 30.6 Å². The van der Waals surface area contributed by atoms with E-state index in [9.17, 15) is 4.79 Å². The summed E-state index contributed by atoms with van der Waals surface area (Å²) in [6.45, 7) is 2.08. The second-order valence-electron chi connectivity index (χ2n) is 4.95. The van der Waals surface area contributed by atoms with Gasteiger partial charge in [0.1, 0.15) is 0 Å². The van der Waals surface area contributed by atoms with Crippen LogP contribution in [-0.2, 0) is 0 Å². The Morgan fingerprint density at radius 2 is 1.64 bits per heavy atom. The molecule has 0 fully saturated rings. The first kappa shape index (κ1) is 20.3. The summed E-state index contributed by atoms with van der Waals surface area (Å²) in [6.07, 6.45) is 2.57. The van der Waals surface area contributed by atoms with Gasteiger partial charge in [0, 0.05) is 28.9 Å². The van der Waals surface area contributed by atoms with Gasteiger partial charge in [0.2, 0.25) is 0 Å². The largest absolute Gasteiger partial charge is 0.399 e. The predicted molar refractivity (Wildman–Crippen MR) is 99.1 cm³/mol. The molecule has 2 aromatic rings. The Hall–Kier alpha value is -1.71. The number of nitrogen functional groups attached to an aromatic ring is 2. The fraction of sp³-hybridized carbons (Fsp3) is 0.235. The van der Waals surface area contributed by atoms with Gasteiger partial charge >= 0.3 is 0 Å². The minimum absolute atomic E-state index is 0. The van der Waals surface area contributed by atoms with Crippen LogP contribution in [0.3, 0.4) is 0 Å². The van der Waals surface area contributed by atoms with Crippen molar-refractivity contribution in [2.24, 2.45) is 0 Å². The Morgan fingerprint density at radius 3 is 2.23 bits per heavy atom. The van der Waals surface area contributed by atoms with Crippen LogP contribution in [0.15, 0.2) is 42.5 Å². The maximum absolute atomic E-state index is 11.9. The Kier molecular flexibility index (Phi) is 8.61. The van der Waals surface area contributed by atoms with Gasteiger partial charge < -0.3 is 11.5 Å². The number of carbonyl (C=O) groups is 1. The molecule has 0 aliphatic carbocycles. The molecule has 4 N–H and O–H groups in total. The minimum atomic E-state index is 0. The third-order valence-corrected chi connectivity index (χ3v) is 3.35. The van der Waals surface area contributed by atoms with E-state index in [2.05, 4.69) is 6.92 Å². The Morgan fingerprint density at radius 1 is 1.00 bits per heavy atom. The van der Waals surface area contributed by atoms with Crippen LogP contribution in [-0.4, -0.2) is 5.78 Å². The molecule has 120 valence electrons. The molecular weight excluding hydrogens is 319 g/mol. The van der Waals surface area contributed by atoms with Crippen molar-refractivity contribution in [3.63, 3.8) is 0 Å². The zero-order valence-electron chi connectivity index (χ0n) is 12.5. The zero-order chi connectivity index (χ0) is 14.5. The van der Waals surface area contributed by atoms with Gasteiger partial charge in [0.05, 0.1) is 0 Å². The molecule has 0 saturated carbocycles. The van der Waals surface area contributed by atoms with Gasteiger partial charge in [-0.1, -0.05) is 37.6 Å². The monoisotopic (exact) mass is 340 g/mol. The summed E-state index contributed by atoms with van der Waals surface area (Å²) in [5, 5.41) is 0. The lowest BCUT2D eigenvalue weighted by Crippen LogP contribution is -1.98. The molecular formula is C17H22Cl2N2O. The van der Waals surface area contributed by atoms with Gasteiger partial charge in [-0.15, -0.1) is 24.8 Å². The average molecular weight is 341 g/mol. The van der Waals surface area contributed by atoms with Crippen LogP contribution in [0.4, 0.5) is 11.4 Å². The molecule has 0 heterocycles.